The number of unbranched alkanes of at least 4 members (excludes halogenated alkanes) is 30. The standard InChI is InChI=1S/C40H84NO2.ClH/c1-3-5-7-9-11-13-15-17-19-21-23-25-27-29-31-33-35-41(37-39-42,38-40-43)36-34-32-30-28-26-24-22-20-18-16-14-12-10-8-6-4-2;/h42-43H,3-40H2,1-2H3;1H/q+1;/p-1. The first-order valence-corrected chi connectivity index (χ1v) is 20.3. The molecular formula is C40H84ClNO2. The number of aliphatic hydroxyl groups excluding tert-OH is 2. The van der Waals surface area contributed by atoms with Crippen LogP contribution < -0.4 is 12.4 Å². The van der Waals surface area contributed by atoms with Gasteiger partial charge < -0.3 is 27.1 Å². The molecule has 0 fully saturated rings. The lowest BCUT2D eigenvalue weighted by Gasteiger charge is -2.38. The van der Waals surface area contributed by atoms with Crippen molar-refractivity contribution in [1.82, 2.24) is 0 Å². The SMILES string of the molecule is CCCCCCCCCCCCCCCCCC[N+](CCO)(CCO)CCCCCCCCCCCCCCCCCC.[Cl-]. The second kappa shape index (κ2) is 39.3. The van der Waals surface area contributed by atoms with Crippen LogP contribution in [0.15, 0.2) is 0 Å². The van der Waals surface area contributed by atoms with E-state index >= 15 is 0 Å². The van der Waals surface area contributed by atoms with E-state index in [0.29, 0.717) is 0 Å². The minimum Gasteiger partial charge on any atom is -1.00 e. The van der Waals surface area contributed by atoms with E-state index < -0.39 is 0 Å². The fourth-order valence-electron chi connectivity index (χ4n) is 7.09. The molecule has 0 aliphatic carbocycles. The van der Waals surface area contributed by atoms with E-state index in [1.807, 2.05) is 0 Å². The van der Waals surface area contributed by atoms with Crippen molar-refractivity contribution >= 4 is 0 Å². The van der Waals surface area contributed by atoms with Crippen LogP contribution in [-0.2, 0) is 0 Å². The molecule has 2 N–H and O–H groups in total. The molecule has 0 spiro atoms. The first kappa shape index (κ1) is 46.3. The first-order valence-electron chi connectivity index (χ1n) is 20.3. The van der Waals surface area contributed by atoms with E-state index in [-0.39, 0.29) is 25.6 Å². The number of quaternary nitrogens is 1. The van der Waals surface area contributed by atoms with E-state index in [1.165, 1.54) is 205 Å². The van der Waals surface area contributed by atoms with Gasteiger partial charge in [-0.05, 0) is 25.7 Å². The predicted octanol–water partition coefficient (Wildman–Crippen LogP) is 9.31. The van der Waals surface area contributed by atoms with Gasteiger partial charge in [-0.1, -0.05) is 194 Å². The van der Waals surface area contributed by atoms with Crippen molar-refractivity contribution in [3.05, 3.63) is 0 Å². The van der Waals surface area contributed by atoms with E-state index in [2.05, 4.69) is 13.8 Å². The number of halogens is 1. The van der Waals surface area contributed by atoms with Crippen LogP contribution in [0.1, 0.15) is 219 Å². The highest BCUT2D eigenvalue weighted by Crippen LogP contribution is 2.18. The number of hydrogen-bond donors (Lipinski definition) is 2. The molecule has 0 bridgehead atoms. The summed E-state index contributed by atoms with van der Waals surface area (Å²) in [6.45, 7) is 9.00. The molecule has 0 aliphatic heterocycles. The Morgan fingerprint density at radius 1 is 0.273 bits per heavy atom. The number of hydrogen-bond acceptors (Lipinski definition) is 2. The van der Waals surface area contributed by atoms with Gasteiger partial charge in [0, 0.05) is 0 Å². The fourth-order valence-corrected chi connectivity index (χ4v) is 7.09. The third-order valence-corrected chi connectivity index (χ3v) is 10.1. The molecule has 268 valence electrons. The second-order valence-corrected chi connectivity index (χ2v) is 14.3. The summed E-state index contributed by atoms with van der Waals surface area (Å²) in [6.07, 6.45) is 45.0. The van der Waals surface area contributed by atoms with E-state index in [0.717, 1.165) is 30.7 Å². The molecule has 0 aliphatic rings. The van der Waals surface area contributed by atoms with Crippen molar-refractivity contribution in [3.8, 4) is 0 Å². The Balaban J connectivity index is 0. The summed E-state index contributed by atoms with van der Waals surface area (Å²) in [6, 6.07) is 0. The fraction of sp³-hybridized carbons (Fsp3) is 1.00. The van der Waals surface area contributed by atoms with Gasteiger partial charge in [0.05, 0.1) is 26.3 Å². The highest BCUT2D eigenvalue weighted by molar-refractivity contribution is 4.54. The van der Waals surface area contributed by atoms with Crippen LogP contribution in [-0.4, -0.2) is 54.1 Å². The number of rotatable bonds is 38. The smallest absolute Gasteiger partial charge is 0.102 e. The lowest BCUT2D eigenvalue weighted by Crippen LogP contribution is -3.00. The molecule has 44 heavy (non-hydrogen) atoms. The molecule has 0 radical (unpaired) electrons. The molecule has 0 saturated heterocycles. The molecule has 0 unspecified atom stereocenters. The summed E-state index contributed by atoms with van der Waals surface area (Å²) >= 11 is 0. The molecule has 0 amide bonds. The van der Waals surface area contributed by atoms with Gasteiger partial charge in [0.2, 0.25) is 0 Å². The Hall–Kier alpha value is 0.170. The normalized spacial score (nSPS) is 11.7. The van der Waals surface area contributed by atoms with Crippen LogP contribution in [0.4, 0.5) is 0 Å². The third kappa shape index (κ3) is 33.5. The van der Waals surface area contributed by atoms with Crippen molar-refractivity contribution in [3.63, 3.8) is 0 Å². The van der Waals surface area contributed by atoms with Gasteiger partial charge in [-0.15, -0.1) is 0 Å². The van der Waals surface area contributed by atoms with Crippen LogP contribution in [0.3, 0.4) is 0 Å². The van der Waals surface area contributed by atoms with Crippen molar-refractivity contribution < 1.29 is 27.1 Å². The lowest BCUT2D eigenvalue weighted by molar-refractivity contribution is -0.929. The Morgan fingerprint density at radius 2 is 0.455 bits per heavy atom. The third-order valence-electron chi connectivity index (χ3n) is 10.1. The molecule has 0 aromatic carbocycles. The molecule has 0 atom stereocenters. The monoisotopic (exact) mass is 646 g/mol. The van der Waals surface area contributed by atoms with Gasteiger partial charge in [-0.3, -0.25) is 0 Å². The Kier molecular flexibility index (Phi) is 41.4. The predicted molar refractivity (Wildman–Crippen MR) is 193 cm³/mol. The van der Waals surface area contributed by atoms with Crippen LogP contribution in [0.5, 0.6) is 0 Å². The largest absolute Gasteiger partial charge is 1.00 e. The maximum atomic E-state index is 9.80. The van der Waals surface area contributed by atoms with Crippen LogP contribution in [0.25, 0.3) is 0 Å². The average molecular weight is 647 g/mol. The summed E-state index contributed by atoms with van der Waals surface area (Å²) in [7, 11) is 0. The van der Waals surface area contributed by atoms with Crippen molar-refractivity contribution in [2.45, 2.75) is 219 Å². The summed E-state index contributed by atoms with van der Waals surface area (Å²) in [5, 5.41) is 19.6. The van der Waals surface area contributed by atoms with Gasteiger partial charge in [-0.25, -0.2) is 0 Å². The molecule has 0 aromatic rings. The van der Waals surface area contributed by atoms with Gasteiger partial charge in [0.25, 0.3) is 0 Å². The van der Waals surface area contributed by atoms with Crippen molar-refractivity contribution in [2.75, 3.05) is 39.4 Å². The van der Waals surface area contributed by atoms with Crippen molar-refractivity contribution in [1.29, 1.82) is 0 Å². The quantitative estimate of drug-likeness (QED) is 0.0519. The van der Waals surface area contributed by atoms with Crippen LogP contribution in [0, 0.1) is 0 Å². The molecule has 0 rings (SSSR count). The van der Waals surface area contributed by atoms with Gasteiger partial charge >= 0.3 is 0 Å². The van der Waals surface area contributed by atoms with E-state index in [1.54, 1.807) is 0 Å². The maximum absolute atomic E-state index is 9.80. The van der Waals surface area contributed by atoms with Crippen molar-refractivity contribution in [2.24, 2.45) is 0 Å². The van der Waals surface area contributed by atoms with Gasteiger partial charge in [0.15, 0.2) is 0 Å². The first-order chi connectivity index (χ1) is 21.2. The summed E-state index contributed by atoms with van der Waals surface area (Å²) < 4.78 is 0.935. The zero-order valence-electron chi connectivity index (χ0n) is 30.6. The average Bonchev–Trinajstić information content (AvgIpc) is 3.01. The molecule has 0 heterocycles. The molecular weight excluding hydrogens is 562 g/mol. The number of aliphatic hydroxyl groups is 2. The Morgan fingerprint density at radius 3 is 0.636 bits per heavy atom. The summed E-state index contributed by atoms with van der Waals surface area (Å²) in [5.74, 6) is 0. The summed E-state index contributed by atoms with van der Waals surface area (Å²) in [4.78, 5) is 0. The number of nitrogens with zero attached hydrogens (tertiary/aromatic N) is 1. The topological polar surface area (TPSA) is 40.5 Å². The highest BCUT2D eigenvalue weighted by atomic mass is 35.5. The molecule has 3 nitrogen and oxygen atoms in total. The van der Waals surface area contributed by atoms with Crippen LogP contribution >= 0.6 is 0 Å². The maximum Gasteiger partial charge on any atom is 0.102 e. The molecule has 0 aromatic heterocycles. The zero-order valence-corrected chi connectivity index (χ0v) is 31.3. The Bertz CT molecular complexity index is 460. The highest BCUT2D eigenvalue weighted by Gasteiger charge is 2.25. The van der Waals surface area contributed by atoms with Gasteiger partial charge in [0.1, 0.15) is 13.1 Å². The van der Waals surface area contributed by atoms with Gasteiger partial charge in [-0.2, -0.15) is 0 Å². The Labute approximate surface area is 285 Å². The zero-order chi connectivity index (χ0) is 31.4. The van der Waals surface area contributed by atoms with E-state index in [9.17, 15) is 10.2 Å². The minimum atomic E-state index is 0. The molecule has 4 heteroatoms. The minimum absolute atomic E-state index is 0. The summed E-state index contributed by atoms with van der Waals surface area (Å²) in [5.41, 5.74) is 0. The molecule has 0 saturated carbocycles. The van der Waals surface area contributed by atoms with Crippen LogP contribution in [0.2, 0.25) is 0 Å². The lowest BCUT2D eigenvalue weighted by atomic mass is 10.0. The second-order valence-electron chi connectivity index (χ2n) is 14.3. The van der Waals surface area contributed by atoms with E-state index in [4.69, 9.17) is 0 Å².